The van der Waals surface area contributed by atoms with Crippen LogP contribution in [0.25, 0.3) is 15.7 Å². The van der Waals surface area contributed by atoms with Crippen LogP contribution in [0.3, 0.4) is 0 Å². The summed E-state index contributed by atoms with van der Waals surface area (Å²) in [5.41, 5.74) is 4.55. The summed E-state index contributed by atoms with van der Waals surface area (Å²) in [6, 6.07) is 3.91. The standard InChI is InChI=1S/C14H12F3N3O/c1-3-8-6-9-11(20(8)7-12(18)21)5-4-10(19-2)13(9)14(15,16)17/h4-6H,3,7H2,1H3,(H2,18,21). The molecule has 0 saturated heterocycles. The molecule has 21 heavy (non-hydrogen) atoms. The number of primary amides is 1. The third-order valence-corrected chi connectivity index (χ3v) is 3.23. The number of amides is 1. The van der Waals surface area contributed by atoms with Gasteiger partial charge in [-0.3, -0.25) is 4.79 Å². The fraction of sp³-hybridized carbons (Fsp3) is 0.286. The molecule has 0 unspecified atom stereocenters. The minimum atomic E-state index is -4.64. The molecule has 4 nitrogen and oxygen atoms in total. The van der Waals surface area contributed by atoms with E-state index in [1.807, 2.05) is 0 Å². The fourth-order valence-electron chi connectivity index (χ4n) is 2.40. The van der Waals surface area contributed by atoms with Crippen molar-refractivity contribution in [3.63, 3.8) is 0 Å². The van der Waals surface area contributed by atoms with E-state index in [1.165, 1.54) is 16.7 Å². The highest BCUT2D eigenvalue weighted by Gasteiger charge is 2.36. The Morgan fingerprint density at radius 3 is 2.57 bits per heavy atom. The highest BCUT2D eigenvalue weighted by molar-refractivity contribution is 5.91. The lowest BCUT2D eigenvalue weighted by Crippen LogP contribution is -2.19. The van der Waals surface area contributed by atoms with Gasteiger partial charge in [0.05, 0.1) is 12.1 Å². The number of carbonyl (C=O) groups is 1. The monoisotopic (exact) mass is 295 g/mol. The van der Waals surface area contributed by atoms with Crippen LogP contribution in [0.2, 0.25) is 0 Å². The second kappa shape index (κ2) is 5.13. The highest BCUT2D eigenvalue weighted by Crippen LogP contribution is 2.42. The van der Waals surface area contributed by atoms with Crippen LogP contribution < -0.4 is 5.73 Å². The average Bonchev–Trinajstić information content (AvgIpc) is 2.73. The van der Waals surface area contributed by atoms with E-state index in [-0.39, 0.29) is 17.4 Å². The van der Waals surface area contributed by atoms with Crippen LogP contribution in [0, 0.1) is 6.57 Å². The Morgan fingerprint density at radius 2 is 2.10 bits per heavy atom. The summed E-state index contributed by atoms with van der Waals surface area (Å²) in [6.45, 7) is 8.48. The Kier molecular flexibility index (Phi) is 3.64. The van der Waals surface area contributed by atoms with Crippen LogP contribution in [0.5, 0.6) is 0 Å². The molecule has 2 rings (SSSR count). The Morgan fingerprint density at radius 1 is 1.43 bits per heavy atom. The molecule has 0 aliphatic carbocycles. The molecule has 0 fully saturated rings. The molecular weight excluding hydrogens is 283 g/mol. The number of aryl methyl sites for hydroxylation is 1. The lowest BCUT2D eigenvalue weighted by molar-refractivity contribution is -0.135. The normalized spacial score (nSPS) is 11.6. The van der Waals surface area contributed by atoms with Crippen LogP contribution in [0.1, 0.15) is 18.2 Å². The molecule has 1 heterocycles. The minimum absolute atomic E-state index is 0.0749. The van der Waals surface area contributed by atoms with E-state index < -0.39 is 23.3 Å². The number of halogens is 3. The van der Waals surface area contributed by atoms with Gasteiger partial charge in [-0.15, -0.1) is 0 Å². The van der Waals surface area contributed by atoms with Crippen LogP contribution in [-0.4, -0.2) is 10.5 Å². The molecule has 0 atom stereocenters. The van der Waals surface area contributed by atoms with Crippen molar-refractivity contribution in [2.24, 2.45) is 5.73 Å². The zero-order chi connectivity index (χ0) is 15.8. The number of hydrogen-bond acceptors (Lipinski definition) is 1. The smallest absolute Gasteiger partial charge is 0.368 e. The van der Waals surface area contributed by atoms with Gasteiger partial charge in [-0.25, -0.2) is 4.85 Å². The van der Waals surface area contributed by atoms with E-state index in [0.717, 1.165) is 6.07 Å². The molecule has 110 valence electrons. The van der Waals surface area contributed by atoms with Crippen LogP contribution in [0.4, 0.5) is 18.9 Å². The van der Waals surface area contributed by atoms with Gasteiger partial charge in [0.15, 0.2) is 5.69 Å². The minimum Gasteiger partial charge on any atom is -0.368 e. The number of aromatic nitrogens is 1. The van der Waals surface area contributed by atoms with Gasteiger partial charge in [-0.2, -0.15) is 13.2 Å². The Balaban J connectivity index is 2.86. The zero-order valence-electron chi connectivity index (χ0n) is 11.2. The maximum absolute atomic E-state index is 13.2. The topological polar surface area (TPSA) is 52.4 Å². The van der Waals surface area contributed by atoms with Gasteiger partial charge in [0, 0.05) is 16.6 Å². The first-order valence-electron chi connectivity index (χ1n) is 6.17. The molecule has 2 N–H and O–H groups in total. The number of alkyl halides is 3. The fourth-order valence-corrected chi connectivity index (χ4v) is 2.40. The molecule has 1 amide bonds. The van der Waals surface area contributed by atoms with Gasteiger partial charge in [-0.05, 0) is 18.6 Å². The number of nitrogens with zero attached hydrogens (tertiary/aromatic N) is 2. The van der Waals surface area contributed by atoms with Crippen LogP contribution in [0.15, 0.2) is 18.2 Å². The quantitative estimate of drug-likeness (QED) is 0.868. The second-order valence-corrected chi connectivity index (χ2v) is 4.54. The molecule has 7 heteroatoms. The summed E-state index contributed by atoms with van der Waals surface area (Å²) in [6.07, 6.45) is -4.18. The van der Waals surface area contributed by atoms with E-state index >= 15 is 0 Å². The predicted molar refractivity (Wildman–Crippen MR) is 71.8 cm³/mol. The maximum Gasteiger partial charge on any atom is 0.408 e. The number of carbonyl (C=O) groups excluding carboxylic acids is 1. The second-order valence-electron chi connectivity index (χ2n) is 4.54. The number of fused-ring (bicyclic) bond motifs is 1. The molecule has 2 aromatic rings. The SMILES string of the molecule is [C-]#[N+]c1ccc2c(cc(CC)n2CC(N)=O)c1C(F)(F)F. The number of hydrogen-bond donors (Lipinski definition) is 1. The summed E-state index contributed by atoms with van der Waals surface area (Å²) in [5, 5.41) is -0.0749. The van der Waals surface area contributed by atoms with Crippen LogP contribution in [-0.2, 0) is 23.9 Å². The predicted octanol–water partition coefficient (Wildman–Crippen LogP) is 3.26. The van der Waals surface area contributed by atoms with E-state index in [0.29, 0.717) is 12.1 Å². The van der Waals surface area contributed by atoms with Crippen molar-refractivity contribution in [2.75, 3.05) is 0 Å². The average molecular weight is 295 g/mol. The molecular formula is C14H12F3N3O. The van der Waals surface area contributed by atoms with Crippen molar-refractivity contribution in [1.82, 2.24) is 4.57 Å². The summed E-state index contributed by atoms with van der Waals surface area (Å²) in [5.74, 6) is -0.634. The molecule has 0 aliphatic heterocycles. The Hall–Kier alpha value is -2.49. The van der Waals surface area contributed by atoms with Crippen molar-refractivity contribution in [2.45, 2.75) is 26.1 Å². The maximum atomic E-state index is 13.2. The first-order valence-corrected chi connectivity index (χ1v) is 6.17. The lowest BCUT2D eigenvalue weighted by atomic mass is 10.1. The summed E-state index contributed by atoms with van der Waals surface area (Å²) in [7, 11) is 0. The van der Waals surface area contributed by atoms with Crippen molar-refractivity contribution < 1.29 is 18.0 Å². The Labute approximate surface area is 118 Å². The van der Waals surface area contributed by atoms with Gasteiger partial charge in [0.1, 0.15) is 6.54 Å². The van der Waals surface area contributed by atoms with Gasteiger partial charge in [-0.1, -0.05) is 13.0 Å². The van der Waals surface area contributed by atoms with Gasteiger partial charge >= 0.3 is 6.18 Å². The van der Waals surface area contributed by atoms with E-state index in [9.17, 15) is 18.0 Å². The van der Waals surface area contributed by atoms with Crippen molar-refractivity contribution >= 4 is 22.5 Å². The molecule has 0 radical (unpaired) electrons. The summed E-state index contributed by atoms with van der Waals surface area (Å²) >= 11 is 0. The van der Waals surface area contributed by atoms with Gasteiger partial charge in [0.25, 0.3) is 0 Å². The highest BCUT2D eigenvalue weighted by atomic mass is 19.4. The van der Waals surface area contributed by atoms with E-state index in [2.05, 4.69) is 4.85 Å². The van der Waals surface area contributed by atoms with E-state index in [1.54, 1.807) is 6.92 Å². The molecule has 0 bridgehead atoms. The van der Waals surface area contributed by atoms with Crippen molar-refractivity contribution in [3.8, 4) is 0 Å². The number of rotatable bonds is 3. The third kappa shape index (κ3) is 2.57. The molecule has 0 spiro atoms. The molecule has 1 aromatic carbocycles. The van der Waals surface area contributed by atoms with Gasteiger partial charge in [0.2, 0.25) is 5.91 Å². The zero-order valence-corrected chi connectivity index (χ0v) is 11.2. The largest absolute Gasteiger partial charge is 0.408 e. The lowest BCUT2D eigenvalue weighted by Gasteiger charge is -2.11. The Bertz CT molecular complexity index is 753. The first-order chi connectivity index (χ1) is 9.79. The summed E-state index contributed by atoms with van der Waals surface area (Å²) in [4.78, 5) is 14.1. The summed E-state index contributed by atoms with van der Waals surface area (Å²) < 4.78 is 41.1. The third-order valence-electron chi connectivity index (χ3n) is 3.23. The first kappa shape index (κ1) is 14.9. The molecule has 0 saturated carbocycles. The number of benzene rings is 1. The van der Waals surface area contributed by atoms with Crippen molar-refractivity contribution in [3.05, 3.63) is 40.9 Å². The number of nitrogens with two attached hydrogens (primary N) is 1. The van der Waals surface area contributed by atoms with Gasteiger partial charge < -0.3 is 10.3 Å². The molecule has 0 aliphatic rings. The molecule has 1 aromatic heterocycles. The van der Waals surface area contributed by atoms with Crippen molar-refractivity contribution in [1.29, 1.82) is 0 Å². The van der Waals surface area contributed by atoms with Crippen LogP contribution >= 0.6 is 0 Å². The van der Waals surface area contributed by atoms with E-state index in [4.69, 9.17) is 12.3 Å².